The average molecular weight is 334 g/mol. The second-order valence-electron chi connectivity index (χ2n) is 5.24. The normalized spacial score (nSPS) is 22.2. The number of amides is 1. The van der Waals surface area contributed by atoms with Crippen LogP contribution in [0.5, 0.6) is 0 Å². The Hall–Kier alpha value is -1.33. The van der Waals surface area contributed by atoms with E-state index < -0.39 is 23.2 Å². The van der Waals surface area contributed by atoms with Crippen LogP contribution in [0.1, 0.15) is 36.5 Å². The van der Waals surface area contributed by atoms with Crippen molar-refractivity contribution < 1.29 is 19.1 Å². The molecule has 0 aliphatic carbocycles. The Morgan fingerprint density at radius 1 is 1.29 bits per heavy atom. The maximum atomic E-state index is 13.6. The van der Waals surface area contributed by atoms with Crippen LogP contribution in [-0.2, 0) is 4.79 Å². The molecule has 1 unspecified atom stereocenters. The van der Waals surface area contributed by atoms with Crippen LogP contribution in [0.4, 0.5) is 4.39 Å². The molecule has 1 aliphatic rings. The van der Waals surface area contributed by atoms with Crippen LogP contribution >= 0.6 is 23.2 Å². The summed E-state index contributed by atoms with van der Waals surface area (Å²) < 4.78 is 13.6. The van der Waals surface area contributed by atoms with Gasteiger partial charge in [-0.2, -0.15) is 0 Å². The molecule has 2 rings (SSSR count). The van der Waals surface area contributed by atoms with Gasteiger partial charge in [0, 0.05) is 6.54 Å². The molecule has 1 N–H and O–H groups in total. The van der Waals surface area contributed by atoms with Gasteiger partial charge in [-0.05, 0) is 38.3 Å². The summed E-state index contributed by atoms with van der Waals surface area (Å²) in [5, 5.41) is 9.23. The fraction of sp³-hybridized carbons (Fsp3) is 0.429. The fourth-order valence-corrected chi connectivity index (χ4v) is 2.96. The van der Waals surface area contributed by atoms with Crippen molar-refractivity contribution in [2.45, 2.75) is 31.7 Å². The van der Waals surface area contributed by atoms with Crippen LogP contribution in [-0.4, -0.2) is 34.0 Å². The molecule has 1 amide bonds. The van der Waals surface area contributed by atoms with Crippen LogP contribution in [0.3, 0.4) is 0 Å². The van der Waals surface area contributed by atoms with Crippen LogP contribution in [0, 0.1) is 5.82 Å². The Morgan fingerprint density at radius 3 is 2.57 bits per heavy atom. The van der Waals surface area contributed by atoms with Crippen molar-refractivity contribution in [3.8, 4) is 0 Å². The van der Waals surface area contributed by atoms with E-state index in [9.17, 15) is 19.1 Å². The van der Waals surface area contributed by atoms with E-state index in [-0.39, 0.29) is 15.6 Å². The lowest BCUT2D eigenvalue weighted by molar-refractivity contribution is -0.150. The maximum absolute atomic E-state index is 13.6. The molecule has 1 aromatic rings. The van der Waals surface area contributed by atoms with E-state index in [4.69, 9.17) is 23.2 Å². The number of carboxylic acid groups (broad SMARTS) is 1. The van der Waals surface area contributed by atoms with Crippen molar-refractivity contribution in [2.75, 3.05) is 6.54 Å². The van der Waals surface area contributed by atoms with Gasteiger partial charge in [0.1, 0.15) is 11.4 Å². The number of likely N-dealkylation sites (tertiary alicyclic amines) is 1. The smallest absolute Gasteiger partial charge is 0.329 e. The van der Waals surface area contributed by atoms with Crippen molar-refractivity contribution in [2.24, 2.45) is 0 Å². The lowest BCUT2D eigenvalue weighted by Gasteiger charge is -2.41. The highest BCUT2D eigenvalue weighted by Gasteiger charge is 2.44. The van der Waals surface area contributed by atoms with Crippen LogP contribution in [0.2, 0.25) is 10.0 Å². The molecule has 4 nitrogen and oxygen atoms in total. The number of rotatable bonds is 2. The Bertz CT molecular complexity index is 608. The van der Waals surface area contributed by atoms with Gasteiger partial charge in [-0.15, -0.1) is 0 Å². The topological polar surface area (TPSA) is 57.6 Å². The first-order valence-corrected chi connectivity index (χ1v) is 7.23. The van der Waals surface area contributed by atoms with E-state index in [1.54, 1.807) is 0 Å². The molecule has 1 saturated heterocycles. The lowest BCUT2D eigenvalue weighted by Crippen LogP contribution is -2.57. The molecule has 21 heavy (non-hydrogen) atoms. The summed E-state index contributed by atoms with van der Waals surface area (Å²) in [5.74, 6) is -2.44. The summed E-state index contributed by atoms with van der Waals surface area (Å²) in [4.78, 5) is 25.3. The van der Waals surface area contributed by atoms with Crippen molar-refractivity contribution in [3.05, 3.63) is 33.6 Å². The minimum Gasteiger partial charge on any atom is -0.480 e. The Balaban J connectivity index is 2.43. The highest BCUT2D eigenvalue weighted by Crippen LogP contribution is 2.32. The zero-order valence-electron chi connectivity index (χ0n) is 11.3. The number of carboxylic acids is 1. The molecule has 1 aliphatic heterocycles. The van der Waals surface area contributed by atoms with Gasteiger partial charge in [0.2, 0.25) is 0 Å². The SMILES string of the molecule is CC1(C(=O)O)CCCCN1C(=O)c1cc(F)c(Cl)cc1Cl. The highest BCUT2D eigenvalue weighted by molar-refractivity contribution is 6.36. The molecule has 0 radical (unpaired) electrons. The van der Waals surface area contributed by atoms with Gasteiger partial charge in [-0.3, -0.25) is 4.79 Å². The van der Waals surface area contributed by atoms with Gasteiger partial charge in [-0.1, -0.05) is 23.2 Å². The number of halogens is 3. The number of nitrogens with zero attached hydrogens (tertiary/aromatic N) is 1. The minimum atomic E-state index is -1.31. The van der Waals surface area contributed by atoms with Crippen molar-refractivity contribution in [1.29, 1.82) is 0 Å². The van der Waals surface area contributed by atoms with E-state index in [1.165, 1.54) is 11.8 Å². The Labute approximate surface area is 131 Å². The van der Waals surface area contributed by atoms with E-state index in [0.717, 1.165) is 18.6 Å². The summed E-state index contributed by atoms with van der Waals surface area (Å²) in [6.07, 6.45) is 1.76. The van der Waals surface area contributed by atoms with Crippen molar-refractivity contribution in [1.82, 2.24) is 4.90 Å². The van der Waals surface area contributed by atoms with Gasteiger partial charge in [0.25, 0.3) is 5.91 Å². The first-order chi connectivity index (χ1) is 9.77. The monoisotopic (exact) mass is 333 g/mol. The standard InChI is InChI=1S/C14H14Cl2FNO3/c1-14(13(20)21)4-2-3-5-18(14)12(19)8-6-11(17)10(16)7-9(8)15/h6-7H,2-5H2,1H3,(H,20,21). The zero-order valence-corrected chi connectivity index (χ0v) is 12.8. The highest BCUT2D eigenvalue weighted by atomic mass is 35.5. The average Bonchev–Trinajstić information content (AvgIpc) is 2.42. The molecular weight excluding hydrogens is 320 g/mol. The molecule has 1 aromatic carbocycles. The van der Waals surface area contributed by atoms with Gasteiger partial charge < -0.3 is 10.0 Å². The number of hydrogen-bond donors (Lipinski definition) is 1. The van der Waals surface area contributed by atoms with E-state index in [2.05, 4.69) is 0 Å². The van der Waals surface area contributed by atoms with Crippen LogP contribution in [0.25, 0.3) is 0 Å². The first-order valence-electron chi connectivity index (χ1n) is 6.47. The zero-order chi connectivity index (χ0) is 15.8. The summed E-state index contributed by atoms with van der Waals surface area (Å²) in [6.45, 7) is 1.79. The largest absolute Gasteiger partial charge is 0.480 e. The van der Waals surface area contributed by atoms with Gasteiger partial charge in [0.05, 0.1) is 15.6 Å². The predicted octanol–water partition coefficient (Wildman–Crippen LogP) is 3.60. The van der Waals surface area contributed by atoms with E-state index in [0.29, 0.717) is 19.4 Å². The number of carbonyl (C=O) groups excluding carboxylic acids is 1. The number of piperidine rings is 1. The van der Waals surface area contributed by atoms with Crippen molar-refractivity contribution >= 4 is 35.1 Å². The third-order valence-corrected chi connectivity index (χ3v) is 4.44. The molecule has 1 atom stereocenters. The molecule has 0 saturated carbocycles. The lowest BCUT2D eigenvalue weighted by atomic mass is 9.88. The number of aliphatic carboxylic acids is 1. The molecule has 1 fully saturated rings. The second-order valence-corrected chi connectivity index (χ2v) is 6.05. The summed E-state index contributed by atoms with van der Waals surface area (Å²) >= 11 is 11.5. The maximum Gasteiger partial charge on any atom is 0.329 e. The molecule has 0 bridgehead atoms. The number of carbonyl (C=O) groups is 2. The molecular formula is C14H14Cl2FNO3. The number of benzene rings is 1. The third kappa shape index (κ3) is 2.85. The summed E-state index contributed by atoms with van der Waals surface area (Å²) in [6, 6.07) is 2.09. The molecule has 0 spiro atoms. The molecule has 1 heterocycles. The predicted molar refractivity (Wildman–Crippen MR) is 77.3 cm³/mol. The van der Waals surface area contributed by atoms with Gasteiger partial charge >= 0.3 is 5.97 Å². The quantitative estimate of drug-likeness (QED) is 0.841. The van der Waals surface area contributed by atoms with Gasteiger partial charge in [0.15, 0.2) is 0 Å². The van der Waals surface area contributed by atoms with Crippen LogP contribution in [0.15, 0.2) is 12.1 Å². The van der Waals surface area contributed by atoms with Crippen molar-refractivity contribution in [3.63, 3.8) is 0 Å². The molecule has 114 valence electrons. The van der Waals surface area contributed by atoms with Gasteiger partial charge in [-0.25, -0.2) is 9.18 Å². The Kier molecular flexibility index (Phi) is 4.44. The minimum absolute atomic E-state index is 0.00436. The Morgan fingerprint density at radius 2 is 1.95 bits per heavy atom. The first kappa shape index (κ1) is 16.0. The second kappa shape index (κ2) is 5.81. The van der Waals surface area contributed by atoms with Crippen LogP contribution < -0.4 is 0 Å². The molecule has 7 heteroatoms. The number of hydrogen-bond acceptors (Lipinski definition) is 2. The third-order valence-electron chi connectivity index (χ3n) is 3.84. The fourth-order valence-electron chi connectivity index (χ4n) is 2.50. The molecule has 0 aromatic heterocycles. The summed E-state index contributed by atoms with van der Waals surface area (Å²) in [5.41, 5.74) is -1.39. The summed E-state index contributed by atoms with van der Waals surface area (Å²) in [7, 11) is 0. The van der Waals surface area contributed by atoms with E-state index in [1.807, 2.05) is 0 Å². The van der Waals surface area contributed by atoms with E-state index >= 15 is 0 Å².